The molecule has 2 aliphatic heterocycles. The van der Waals surface area contributed by atoms with Crippen LogP contribution in [0.15, 0.2) is 41.8 Å². The maximum atomic E-state index is 15.8. The Morgan fingerprint density at radius 2 is 1.98 bits per heavy atom. The summed E-state index contributed by atoms with van der Waals surface area (Å²) in [6.07, 6.45) is 0.481. The molecule has 1 aromatic heterocycles. The van der Waals surface area contributed by atoms with Crippen LogP contribution in [0.5, 0.6) is 0 Å². The summed E-state index contributed by atoms with van der Waals surface area (Å²) in [5.74, 6) is -3.21. The molecule has 1 spiro atoms. The Morgan fingerprint density at radius 1 is 1.22 bits per heavy atom. The monoisotopic (exact) mass is 618 g/mol. The zero-order valence-electron chi connectivity index (χ0n) is 22.8. The Labute approximate surface area is 251 Å². The van der Waals surface area contributed by atoms with Crippen molar-refractivity contribution in [2.45, 2.75) is 57.5 Å². The standard InChI is InChI=1S/C29H29Cl2FN4O4S/c1-5-40-25(38)19-13-41-27(34-19)36-24(37)23-21(15-7-6-8-17(31)22(15)32)29(20(35-23)12-28(2,3)4)16-10-9-14(30)11-18(16)33-26(29)39/h6-11,13,20-21,23,35H,5,12H2,1-4H3,(H,33,39)(H,34,36,37)/t20-,21-,23+,29?/m0/s1. The minimum Gasteiger partial charge on any atom is -0.461 e. The van der Waals surface area contributed by atoms with Crippen LogP contribution in [-0.2, 0) is 19.7 Å². The molecule has 1 fully saturated rings. The van der Waals surface area contributed by atoms with Crippen molar-refractivity contribution in [3.63, 3.8) is 0 Å². The molecular formula is C29H29Cl2FN4O4S. The van der Waals surface area contributed by atoms with Gasteiger partial charge < -0.3 is 20.7 Å². The molecule has 41 heavy (non-hydrogen) atoms. The van der Waals surface area contributed by atoms with Crippen molar-refractivity contribution in [1.29, 1.82) is 0 Å². The van der Waals surface area contributed by atoms with E-state index in [2.05, 4.69) is 20.9 Å². The molecule has 12 heteroatoms. The van der Waals surface area contributed by atoms with Crippen molar-refractivity contribution in [2.75, 3.05) is 17.2 Å². The molecule has 1 unspecified atom stereocenters. The van der Waals surface area contributed by atoms with E-state index in [9.17, 15) is 14.4 Å². The van der Waals surface area contributed by atoms with E-state index in [0.717, 1.165) is 11.3 Å². The van der Waals surface area contributed by atoms with Gasteiger partial charge in [-0.05, 0) is 48.1 Å². The number of fused-ring (bicyclic) bond motifs is 2. The molecule has 2 aliphatic rings. The fourth-order valence-electron chi connectivity index (χ4n) is 5.97. The highest BCUT2D eigenvalue weighted by Gasteiger charge is 2.66. The third-order valence-corrected chi connectivity index (χ3v) is 8.72. The van der Waals surface area contributed by atoms with E-state index >= 15 is 4.39 Å². The summed E-state index contributed by atoms with van der Waals surface area (Å²) >= 11 is 13.6. The van der Waals surface area contributed by atoms with Crippen LogP contribution >= 0.6 is 34.5 Å². The Bertz CT molecular complexity index is 1540. The zero-order valence-corrected chi connectivity index (χ0v) is 25.1. The lowest BCUT2D eigenvalue weighted by molar-refractivity contribution is -0.122. The zero-order chi connectivity index (χ0) is 29.7. The van der Waals surface area contributed by atoms with Gasteiger partial charge in [-0.25, -0.2) is 14.2 Å². The van der Waals surface area contributed by atoms with Crippen LogP contribution in [0.3, 0.4) is 0 Å². The predicted molar refractivity (Wildman–Crippen MR) is 157 cm³/mol. The number of nitrogens with one attached hydrogen (secondary N) is 3. The SMILES string of the molecule is CCOC(=O)c1csc(NC(=O)[C@@H]2N[C@@H](CC(C)(C)C)C3(C(=O)Nc4cc(Cl)ccc43)[C@H]2c2cccc(Cl)c2F)n1. The number of esters is 1. The van der Waals surface area contributed by atoms with Gasteiger partial charge in [0.15, 0.2) is 10.8 Å². The molecule has 216 valence electrons. The van der Waals surface area contributed by atoms with Crippen molar-refractivity contribution >= 4 is 63.1 Å². The highest BCUT2D eigenvalue weighted by atomic mass is 35.5. The lowest BCUT2D eigenvalue weighted by Gasteiger charge is -2.37. The second-order valence-electron chi connectivity index (χ2n) is 11.3. The number of amides is 2. The fraction of sp³-hybridized carbons (Fsp3) is 0.379. The second kappa shape index (κ2) is 11.0. The summed E-state index contributed by atoms with van der Waals surface area (Å²) in [5, 5.41) is 11.1. The molecule has 3 aromatic rings. The molecule has 5 rings (SSSR count). The van der Waals surface area contributed by atoms with Gasteiger partial charge in [0, 0.05) is 28.0 Å². The summed E-state index contributed by atoms with van der Waals surface area (Å²) in [5.41, 5.74) is -0.326. The quantitative estimate of drug-likeness (QED) is 0.286. The number of halogens is 3. The smallest absolute Gasteiger partial charge is 0.357 e. The van der Waals surface area contributed by atoms with Gasteiger partial charge in [0.25, 0.3) is 0 Å². The number of hydrogen-bond donors (Lipinski definition) is 3. The van der Waals surface area contributed by atoms with E-state index in [4.69, 9.17) is 27.9 Å². The number of carbonyl (C=O) groups excluding carboxylic acids is 3. The minimum atomic E-state index is -1.38. The van der Waals surface area contributed by atoms with Gasteiger partial charge in [-0.3, -0.25) is 9.59 Å². The number of aromatic nitrogens is 1. The van der Waals surface area contributed by atoms with Gasteiger partial charge in [-0.1, -0.05) is 62.2 Å². The third-order valence-electron chi connectivity index (χ3n) is 7.44. The average molecular weight is 620 g/mol. The Kier molecular flexibility index (Phi) is 7.88. The molecule has 0 aliphatic carbocycles. The normalized spacial score (nSPS) is 23.4. The molecule has 4 atom stereocenters. The van der Waals surface area contributed by atoms with Crippen LogP contribution in [0.1, 0.15) is 61.6 Å². The number of ether oxygens (including phenoxy) is 1. The van der Waals surface area contributed by atoms with Gasteiger partial charge in [-0.15, -0.1) is 11.3 Å². The van der Waals surface area contributed by atoms with E-state index in [-0.39, 0.29) is 39.3 Å². The molecule has 0 saturated carbocycles. The summed E-state index contributed by atoms with van der Waals surface area (Å²) in [6.45, 7) is 7.97. The first kappa shape index (κ1) is 29.4. The number of rotatable bonds is 6. The number of anilines is 2. The number of carbonyl (C=O) groups is 3. The molecule has 1 saturated heterocycles. The van der Waals surface area contributed by atoms with Crippen LogP contribution in [-0.4, -0.2) is 41.5 Å². The molecule has 0 bridgehead atoms. The first-order valence-corrected chi connectivity index (χ1v) is 14.7. The lowest BCUT2D eigenvalue weighted by atomic mass is 9.62. The van der Waals surface area contributed by atoms with Crippen LogP contribution < -0.4 is 16.0 Å². The molecule has 2 aromatic carbocycles. The first-order chi connectivity index (χ1) is 19.4. The summed E-state index contributed by atoms with van der Waals surface area (Å²) in [6, 6.07) is 8.03. The maximum absolute atomic E-state index is 15.8. The Balaban J connectivity index is 1.66. The fourth-order valence-corrected chi connectivity index (χ4v) is 7.00. The van der Waals surface area contributed by atoms with Crippen molar-refractivity contribution in [2.24, 2.45) is 5.41 Å². The van der Waals surface area contributed by atoms with Crippen LogP contribution in [0.4, 0.5) is 15.2 Å². The Hall–Kier alpha value is -3.05. The molecule has 3 N–H and O–H groups in total. The van der Waals surface area contributed by atoms with E-state index in [0.29, 0.717) is 22.7 Å². The van der Waals surface area contributed by atoms with E-state index in [1.165, 1.54) is 11.4 Å². The lowest BCUT2D eigenvalue weighted by Crippen LogP contribution is -2.49. The van der Waals surface area contributed by atoms with E-state index in [1.54, 1.807) is 37.3 Å². The van der Waals surface area contributed by atoms with Crippen LogP contribution in [0, 0.1) is 11.2 Å². The molecule has 0 radical (unpaired) electrons. The highest BCUT2D eigenvalue weighted by molar-refractivity contribution is 7.14. The molecule has 2 amide bonds. The van der Waals surface area contributed by atoms with Gasteiger partial charge in [0.1, 0.15) is 11.2 Å². The third kappa shape index (κ3) is 5.22. The van der Waals surface area contributed by atoms with E-state index < -0.39 is 41.1 Å². The van der Waals surface area contributed by atoms with Crippen molar-refractivity contribution in [3.8, 4) is 0 Å². The Morgan fingerprint density at radius 3 is 2.68 bits per heavy atom. The van der Waals surface area contributed by atoms with Gasteiger partial charge >= 0.3 is 5.97 Å². The summed E-state index contributed by atoms with van der Waals surface area (Å²) in [4.78, 5) is 44.5. The maximum Gasteiger partial charge on any atom is 0.357 e. The predicted octanol–water partition coefficient (Wildman–Crippen LogP) is 6.15. The van der Waals surface area contributed by atoms with Crippen molar-refractivity contribution in [1.82, 2.24) is 10.3 Å². The molecular weight excluding hydrogens is 590 g/mol. The van der Waals surface area contributed by atoms with Gasteiger partial charge in [0.2, 0.25) is 11.8 Å². The highest BCUT2D eigenvalue weighted by Crippen LogP contribution is 2.57. The minimum absolute atomic E-state index is 0.0621. The van der Waals surface area contributed by atoms with Crippen molar-refractivity contribution < 1.29 is 23.5 Å². The van der Waals surface area contributed by atoms with Crippen molar-refractivity contribution in [3.05, 3.63) is 74.5 Å². The largest absolute Gasteiger partial charge is 0.461 e. The number of hydrogen-bond acceptors (Lipinski definition) is 7. The first-order valence-electron chi connectivity index (χ1n) is 13.1. The van der Waals surface area contributed by atoms with Crippen LogP contribution in [0.25, 0.3) is 0 Å². The number of thiazole rings is 1. The van der Waals surface area contributed by atoms with E-state index in [1.807, 2.05) is 20.8 Å². The van der Waals surface area contributed by atoms with Gasteiger partial charge in [-0.2, -0.15) is 0 Å². The number of nitrogens with zero attached hydrogens (tertiary/aromatic N) is 1. The topological polar surface area (TPSA) is 109 Å². The summed E-state index contributed by atoms with van der Waals surface area (Å²) in [7, 11) is 0. The summed E-state index contributed by atoms with van der Waals surface area (Å²) < 4.78 is 20.8. The van der Waals surface area contributed by atoms with Gasteiger partial charge in [0.05, 0.1) is 17.7 Å². The number of benzene rings is 2. The molecule has 3 heterocycles. The molecule has 8 nitrogen and oxygen atoms in total. The van der Waals surface area contributed by atoms with Crippen LogP contribution in [0.2, 0.25) is 10.0 Å². The average Bonchev–Trinajstić information content (AvgIpc) is 3.56. The second-order valence-corrected chi connectivity index (χ2v) is 13.0.